The van der Waals surface area contributed by atoms with E-state index in [2.05, 4.69) is 4.90 Å². The summed E-state index contributed by atoms with van der Waals surface area (Å²) in [6, 6.07) is 0. The predicted octanol–water partition coefficient (Wildman–Crippen LogP) is 0.583. The zero-order valence-corrected chi connectivity index (χ0v) is 10.7. The molecule has 1 heterocycles. The molecule has 1 rings (SSSR count). The van der Waals surface area contributed by atoms with Crippen molar-refractivity contribution in [3.63, 3.8) is 0 Å². The number of rotatable bonds is 4. The Labute approximate surface area is 97.2 Å². The van der Waals surface area contributed by atoms with Gasteiger partial charge in [-0.2, -0.15) is 0 Å². The van der Waals surface area contributed by atoms with Crippen molar-refractivity contribution in [3.05, 3.63) is 0 Å². The third kappa shape index (κ3) is 3.90. The van der Waals surface area contributed by atoms with Crippen LogP contribution >= 0.6 is 11.6 Å². The minimum atomic E-state index is -3.01. The summed E-state index contributed by atoms with van der Waals surface area (Å²) in [4.78, 5) is 2.22. The Kier molecular flexibility index (Phi) is 5.32. The fraction of sp³-hybridized carbons (Fsp3) is 1.00. The van der Waals surface area contributed by atoms with Gasteiger partial charge in [0.05, 0.1) is 5.75 Å². The largest absolute Gasteiger partial charge is 0.301 e. The first-order valence-corrected chi connectivity index (χ1v) is 7.50. The van der Waals surface area contributed by atoms with Crippen LogP contribution in [-0.2, 0) is 10.0 Å². The number of hydrogen-bond acceptors (Lipinski definition) is 3. The van der Waals surface area contributed by atoms with Gasteiger partial charge in [0.25, 0.3) is 0 Å². The van der Waals surface area contributed by atoms with Crippen molar-refractivity contribution in [2.75, 3.05) is 44.4 Å². The molecule has 15 heavy (non-hydrogen) atoms. The third-order valence-electron chi connectivity index (χ3n) is 2.71. The molecule has 0 saturated carbocycles. The Morgan fingerprint density at radius 2 is 1.93 bits per heavy atom. The number of hydrogen-bond donors (Lipinski definition) is 0. The second kappa shape index (κ2) is 6.03. The third-order valence-corrected chi connectivity index (χ3v) is 4.76. The molecule has 0 spiro atoms. The molecule has 0 amide bonds. The number of alkyl halides is 1. The Morgan fingerprint density at radius 3 is 2.53 bits per heavy atom. The molecular formula is C9H19ClN2O2S. The van der Waals surface area contributed by atoms with E-state index < -0.39 is 10.0 Å². The van der Waals surface area contributed by atoms with Crippen molar-refractivity contribution in [1.29, 1.82) is 0 Å². The van der Waals surface area contributed by atoms with Gasteiger partial charge in [-0.25, -0.2) is 12.7 Å². The minimum Gasteiger partial charge on any atom is -0.301 e. The quantitative estimate of drug-likeness (QED) is 0.690. The van der Waals surface area contributed by atoms with Gasteiger partial charge >= 0.3 is 0 Å². The van der Waals surface area contributed by atoms with Gasteiger partial charge in [0.15, 0.2) is 0 Å². The van der Waals surface area contributed by atoms with Gasteiger partial charge in [-0.05, 0) is 19.9 Å². The van der Waals surface area contributed by atoms with E-state index in [-0.39, 0.29) is 5.75 Å². The summed E-state index contributed by atoms with van der Waals surface area (Å²) in [6.07, 6.45) is 0.899. The Morgan fingerprint density at radius 1 is 1.20 bits per heavy atom. The molecule has 90 valence electrons. The molecule has 6 heteroatoms. The average Bonchev–Trinajstić information content (AvgIpc) is 2.44. The van der Waals surface area contributed by atoms with Crippen LogP contribution in [0.25, 0.3) is 0 Å². The molecule has 0 aliphatic carbocycles. The molecule has 0 N–H and O–H groups in total. The Balaban J connectivity index is 2.53. The normalized spacial score (nSPS) is 21.5. The minimum absolute atomic E-state index is 0.197. The average molecular weight is 255 g/mol. The van der Waals surface area contributed by atoms with Crippen molar-refractivity contribution in [3.8, 4) is 0 Å². The smallest absolute Gasteiger partial charge is 0.213 e. The SMILES string of the molecule is CCS(=O)(=O)N1CCCN(CCCl)CC1. The van der Waals surface area contributed by atoms with Crippen LogP contribution in [0.3, 0.4) is 0 Å². The molecule has 0 aromatic carbocycles. The highest BCUT2D eigenvalue weighted by Crippen LogP contribution is 2.08. The van der Waals surface area contributed by atoms with Crippen LogP contribution < -0.4 is 0 Å². The lowest BCUT2D eigenvalue weighted by atomic mass is 10.4. The van der Waals surface area contributed by atoms with E-state index >= 15 is 0 Å². The van der Waals surface area contributed by atoms with E-state index in [0.717, 1.165) is 26.1 Å². The fourth-order valence-electron chi connectivity index (χ4n) is 1.75. The van der Waals surface area contributed by atoms with Crippen LogP contribution in [0.5, 0.6) is 0 Å². The van der Waals surface area contributed by atoms with Crippen LogP contribution in [0.1, 0.15) is 13.3 Å². The summed E-state index contributed by atoms with van der Waals surface area (Å²) in [5, 5.41) is 0. The van der Waals surface area contributed by atoms with Gasteiger partial charge in [-0.3, -0.25) is 0 Å². The highest BCUT2D eigenvalue weighted by atomic mass is 35.5. The lowest BCUT2D eigenvalue weighted by Gasteiger charge is -2.20. The monoisotopic (exact) mass is 254 g/mol. The summed E-state index contributed by atoms with van der Waals surface area (Å²) in [6.45, 7) is 5.54. The first-order chi connectivity index (χ1) is 7.10. The molecule has 1 saturated heterocycles. The first kappa shape index (κ1) is 13.2. The molecule has 0 atom stereocenters. The summed E-state index contributed by atoms with van der Waals surface area (Å²) >= 11 is 5.67. The zero-order chi connectivity index (χ0) is 11.3. The molecule has 0 unspecified atom stereocenters. The van der Waals surface area contributed by atoms with Crippen molar-refractivity contribution in [2.24, 2.45) is 0 Å². The maximum Gasteiger partial charge on any atom is 0.213 e. The molecular weight excluding hydrogens is 236 g/mol. The highest BCUT2D eigenvalue weighted by molar-refractivity contribution is 7.89. The van der Waals surface area contributed by atoms with Crippen LogP contribution in [0.4, 0.5) is 0 Å². The zero-order valence-electron chi connectivity index (χ0n) is 9.15. The molecule has 1 fully saturated rings. The molecule has 0 bridgehead atoms. The second-order valence-electron chi connectivity index (χ2n) is 3.68. The number of nitrogens with zero attached hydrogens (tertiary/aromatic N) is 2. The van der Waals surface area contributed by atoms with Crippen LogP contribution in [0.2, 0.25) is 0 Å². The topological polar surface area (TPSA) is 40.6 Å². The summed E-state index contributed by atoms with van der Waals surface area (Å²) in [5.74, 6) is 0.809. The van der Waals surface area contributed by atoms with Crippen LogP contribution in [0, 0.1) is 0 Å². The molecule has 4 nitrogen and oxygen atoms in total. The molecule has 0 aromatic rings. The predicted molar refractivity (Wildman–Crippen MR) is 62.8 cm³/mol. The van der Waals surface area contributed by atoms with Crippen LogP contribution in [0.15, 0.2) is 0 Å². The van der Waals surface area contributed by atoms with E-state index in [4.69, 9.17) is 11.6 Å². The van der Waals surface area contributed by atoms with Crippen molar-refractivity contribution in [2.45, 2.75) is 13.3 Å². The number of sulfonamides is 1. The second-order valence-corrected chi connectivity index (χ2v) is 6.32. The van der Waals surface area contributed by atoms with Crippen molar-refractivity contribution < 1.29 is 8.42 Å². The van der Waals surface area contributed by atoms with Gasteiger partial charge in [0, 0.05) is 32.1 Å². The maximum absolute atomic E-state index is 11.7. The summed E-state index contributed by atoms with van der Waals surface area (Å²) in [7, 11) is -3.01. The van der Waals surface area contributed by atoms with Gasteiger partial charge in [0.1, 0.15) is 0 Å². The van der Waals surface area contributed by atoms with Gasteiger partial charge in [-0.15, -0.1) is 11.6 Å². The Bertz CT molecular complexity index is 282. The lowest BCUT2D eigenvalue weighted by molar-refractivity contribution is 0.303. The molecule has 0 radical (unpaired) electrons. The van der Waals surface area contributed by atoms with E-state index in [1.165, 1.54) is 0 Å². The summed E-state index contributed by atoms with van der Waals surface area (Å²) in [5.41, 5.74) is 0. The van der Waals surface area contributed by atoms with E-state index in [0.29, 0.717) is 19.0 Å². The Hall–Kier alpha value is 0.160. The van der Waals surface area contributed by atoms with Gasteiger partial charge < -0.3 is 4.90 Å². The van der Waals surface area contributed by atoms with Crippen LogP contribution in [-0.4, -0.2) is 62.0 Å². The van der Waals surface area contributed by atoms with Gasteiger partial charge in [-0.1, -0.05) is 0 Å². The first-order valence-electron chi connectivity index (χ1n) is 5.36. The molecule has 1 aliphatic heterocycles. The standard InChI is InChI=1S/C9H19ClN2O2S/c1-2-15(13,14)12-6-3-5-11(7-4-10)8-9-12/h2-9H2,1H3. The maximum atomic E-state index is 11.7. The molecule has 1 aliphatic rings. The van der Waals surface area contributed by atoms with E-state index in [1.54, 1.807) is 11.2 Å². The highest BCUT2D eigenvalue weighted by Gasteiger charge is 2.22. The van der Waals surface area contributed by atoms with Gasteiger partial charge in [0.2, 0.25) is 10.0 Å². The molecule has 0 aromatic heterocycles. The van der Waals surface area contributed by atoms with Crippen molar-refractivity contribution >= 4 is 21.6 Å². The van der Waals surface area contributed by atoms with E-state index in [9.17, 15) is 8.42 Å². The lowest BCUT2D eigenvalue weighted by Crippen LogP contribution is -2.36. The summed E-state index contributed by atoms with van der Waals surface area (Å²) < 4.78 is 24.9. The van der Waals surface area contributed by atoms with E-state index in [1.807, 2.05) is 0 Å². The van der Waals surface area contributed by atoms with Crippen molar-refractivity contribution in [1.82, 2.24) is 9.21 Å². The number of halogens is 1. The fourth-order valence-corrected chi connectivity index (χ4v) is 3.12.